The SMILES string of the molecule is CNC[C@](C=O)(NCI)C(C)C. The number of carbonyl (C=O) groups is 1. The Labute approximate surface area is 87.8 Å². The van der Waals surface area contributed by atoms with E-state index in [-0.39, 0.29) is 0 Å². The van der Waals surface area contributed by atoms with Gasteiger partial charge in [0.25, 0.3) is 0 Å². The van der Waals surface area contributed by atoms with Crippen LogP contribution in [-0.4, -0.2) is 30.0 Å². The standard InChI is InChI=1S/C8H17IN2O/c1-7(2)8(5-12,4-10-3)11-6-9/h5,7,10-11H,4,6H2,1-3H3/t8-/m1/s1. The lowest BCUT2D eigenvalue weighted by Gasteiger charge is -2.32. The molecule has 72 valence electrons. The number of halogens is 1. The zero-order valence-electron chi connectivity index (χ0n) is 7.86. The average molecular weight is 284 g/mol. The number of rotatable bonds is 6. The lowest BCUT2D eigenvalue weighted by atomic mass is 9.88. The van der Waals surface area contributed by atoms with Crippen molar-refractivity contribution in [2.45, 2.75) is 19.4 Å². The molecule has 0 spiro atoms. The Balaban J connectivity index is 4.38. The Bertz CT molecular complexity index is 133. The topological polar surface area (TPSA) is 41.1 Å². The molecule has 0 rings (SSSR count). The molecule has 12 heavy (non-hydrogen) atoms. The number of likely N-dealkylation sites (N-methyl/N-ethyl adjacent to an activating group) is 1. The lowest BCUT2D eigenvalue weighted by molar-refractivity contribution is -0.114. The first-order valence-electron chi connectivity index (χ1n) is 4.05. The van der Waals surface area contributed by atoms with Gasteiger partial charge in [0.1, 0.15) is 6.29 Å². The van der Waals surface area contributed by atoms with E-state index >= 15 is 0 Å². The highest BCUT2D eigenvalue weighted by molar-refractivity contribution is 14.1. The molecule has 0 aromatic carbocycles. The molecule has 0 aromatic heterocycles. The molecule has 0 saturated heterocycles. The fraction of sp³-hybridized carbons (Fsp3) is 0.875. The van der Waals surface area contributed by atoms with Crippen molar-refractivity contribution in [3.63, 3.8) is 0 Å². The smallest absolute Gasteiger partial charge is 0.141 e. The zero-order chi connectivity index (χ0) is 9.61. The van der Waals surface area contributed by atoms with Crippen molar-refractivity contribution in [3.05, 3.63) is 0 Å². The normalized spacial score (nSPS) is 16.1. The first-order chi connectivity index (χ1) is 5.63. The maximum absolute atomic E-state index is 10.9. The van der Waals surface area contributed by atoms with Crippen molar-refractivity contribution in [2.75, 3.05) is 18.1 Å². The van der Waals surface area contributed by atoms with Gasteiger partial charge in [-0.1, -0.05) is 36.4 Å². The van der Waals surface area contributed by atoms with E-state index in [0.717, 1.165) is 10.8 Å². The maximum Gasteiger partial charge on any atom is 0.141 e. The highest BCUT2D eigenvalue weighted by Crippen LogP contribution is 2.13. The molecule has 0 bridgehead atoms. The van der Waals surface area contributed by atoms with Crippen LogP contribution in [-0.2, 0) is 4.79 Å². The number of alkyl halides is 1. The van der Waals surface area contributed by atoms with E-state index in [9.17, 15) is 4.79 Å². The monoisotopic (exact) mass is 284 g/mol. The second kappa shape index (κ2) is 5.88. The molecule has 0 aliphatic heterocycles. The fourth-order valence-corrected chi connectivity index (χ4v) is 1.82. The van der Waals surface area contributed by atoms with E-state index in [1.54, 1.807) is 0 Å². The molecule has 3 nitrogen and oxygen atoms in total. The van der Waals surface area contributed by atoms with Crippen molar-refractivity contribution in [3.8, 4) is 0 Å². The Kier molecular flexibility index (Phi) is 6.04. The van der Waals surface area contributed by atoms with E-state index in [1.807, 2.05) is 20.9 Å². The summed E-state index contributed by atoms with van der Waals surface area (Å²) < 4.78 is 0.788. The molecule has 0 amide bonds. The van der Waals surface area contributed by atoms with Crippen LogP contribution in [0, 0.1) is 5.92 Å². The van der Waals surface area contributed by atoms with Crippen LogP contribution in [0.3, 0.4) is 0 Å². The predicted octanol–water partition coefficient (Wildman–Crippen LogP) is 0.782. The van der Waals surface area contributed by atoms with Crippen molar-refractivity contribution in [1.82, 2.24) is 10.6 Å². The van der Waals surface area contributed by atoms with Crippen LogP contribution in [0.1, 0.15) is 13.8 Å². The van der Waals surface area contributed by atoms with Crippen LogP contribution in [0.5, 0.6) is 0 Å². The van der Waals surface area contributed by atoms with Gasteiger partial charge in [0.2, 0.25) is 0 Å². The third-order valence-corrected chi connectivity index (χ3v) is 2.49. The minimum absolute atomic E-state index is 0.303. The number of hydrogen-bond acceptors (Lipinski definition) is 3. The third-order valence-electron chi connectivity index (χ3n) is 2.11. The quantitative estimate of drug-likeness (QED) is 0.328. The Morgan fingerprint density at radius 1 is 1.58 bits per heavy atom. The van der Waals surface area contributed by atoms with Crippen LogP contribution in [0.15, 0.2) is 0 Å². The lowest BCUT2D eigenvalue weighted by Crippen LogP contribution is -2.56. The number of carbonyl (C=O) groups excluding carboxylic acids is 1. The number of nitrogens with one attached hydrogen (secondary N) is 2. The third kappa shape index (κ3) is 2.99. The van der Waals surface area contributed by atoms with E-state index in [4.69, 9.17) is 0 Å². The van der Waals surface area contributed by atoms with Gasteiger partial charge in [0.15, 0.2) is 0 Å². The molecule has 2 N–H and O–H groups in total. The van der Waals surface area contributed by atoms with Crippen molar-refractivity contribution >= 4 is 28.9 Å². The van der Waals surface area contributed by atoms with E-state index < -0.39 is 5.54 Å². The van der Waals surface area contributed by atoms with Crippen LogP contribution in [0.25, 0.3) is 0 Å². The van der Waals surface area contributed by atoms with Gasteiger partial charge in [-0.3, -0.25) is 5.32 Å². The van der Waals surface area contributed by atoms with E-state index in [2.05, 4.69) is 33.2 Å². The summed E-state index contributed by atoms with van der Waals surface area (Å²) >= 11 is 2.21. The summed E-state index contributed by atoms with van der Waals surface area (Å²) in [6.45, 7) is 4.77. The molecule has 0 aliphatic carbocycles. The molecule has 0 radical (unpaired) electrons. The van der Waals surface area contributed by atoms with Crippen LogP contribution in [0.2, 0.25) is 0 Å². The van der Waals surface area contributed by atoms with Gasteiger partial charge < -0.3 is 10.1 Å². The molecule has 4 heteroatoms. The van der Waals surface area contributed by atoms with Gasteiger partial charge in [-0.25, -0.2) is 0 Å². The Morgan fingerprint density at radius 3 is 2.42 bits per heavy atom. The van der Waals surface area contributed by atoms with E-state index in [0.29, 0.717) is 12.5 Å². The Morgan fingerprint density at radius 2 is 2.17 bits per heavy atom. The van der Waals surface area contributed by atoms with Crippen LogP contribution < -0.4 is 10.6 Å². The molecule has 0 aliphatic rings. The minimum atomic E-state index is -0.407. The van der Waals surface area contributed by atoms with Gasteiger partial charge >= 0.3 is 0 Å². The molecular formula is C8H17IN2O. The van der Waals surface area contributed by atoms with Gasteiger partial charge in [-0.2, -0.15) is 0 Å². The molecule has 0 aromatic rings. The zero-order valence-corrected chi connectivity index (χ0v) is 10.0. The van der Waals surface area contributed by atoms with Crippen molar-refractivity contribution in [2.24, 2.45) is 5.92 Å². The second-order valence-electron chi connectivity index (χ2n) is 3.15. The second-order valence-corrected chi connectivity index (χ2v) is 3.92. The number of hydrogen-bond donors (Lipinski definition) is 2. The highest BCUT2D eigenvalue weighted by atomic mass is 127. The summed E-state index contributed by atoms with van der Waals surface area (Å²) in [5.41, 5.74) is -0.407. The maximum atomic E-state index is 10.9. The van der Waals surface area contributed by atoms with Crippen LogP contribution in [0.4, 0.5) is 0 Å². The summed E-state index contributed by atoms with van der Waals surface area (Å²) in [7, 11) is 1.86. The van der Waals surface area contributed by atoms with Gasteiger partial charge in [-0.15, -0.1) is 0 Å². The van der Waals surface area contributed by atoms with Gasteiger partial charge in [0, 0.05) is 11.1 Å². The van der Waals surface area contributed by atoms with Crippen molar-refractivity contribution < 1.29 is 4.79 Å². The summed E-state index contributed by atoms with van der Waals surface area (Å²) in [6, 6.07) is 0. The largest absolute Gasteiger partial charge is 0.317 e. The molecule has 0 unspecified atom stereocenters. The fourth-order valence-electron chi connectivity index (χ4n) is 1.11. The van der Waals surface area contributed by atoms with Gasteiger partial charge in [-0.05, 0) is 13.0 Å². The predicted molar refractivity (Wildman–Crippen MR) is 59.6 cm³/mol. The minimum Gasteiger partial charge on any atom is -0.317 e. The molecule has 1 atom stereocenters. The first-order valence-corrected chi connectivity index (χ1v) is 5.57. The molecule has 0 heterocycles. The van der Waals surface area contributed by atoms with Gasteiger partial charge in [0.05, 0.1) is 5.54 Å². The highest BCUT2D eigenvalue weighted by Gasteiger charge is 2.31. The summed E-state index contributed by atoms with van der Waals surface area (Å²) in [5, 5.41) is 6.23. The molecule has 0 fully saturated rings. The average Bonchev–Trinajstić information content (AvgIpc) is 2.03. The Hall–Kier alpha value is 0.320. The summed E-state index contributed by atoms with van der Waals surface area (Å²) in [6.07, 6.45) is 1.01. The summed E-state index contributed by atoms with van der Waals surface area (Å²) in [4.78, 5) is 10.9. The number of aldehydes is 1. The van der Waals surface area contributed by atoms with Crippen molar-refractivity contribution in [1.29, 1.82) is 0 Å². The molecule has 0 saturated carbocycles. The summed E-state index contributed by atoms with van der Waals surface area (Å²) in [5.74, 6) is 0.303. The molecular weight excluding hydrogens is 267 g/mol. The van der Waals surface area contributed by atoms with Crippen LogP contribution >= 0.6 is 22.6 Å². The van der Waals surface area contributed by atoms with E-state index in [1.165, 1.54) is 0 Å². The first kappa shape index (κ1) is 12.3.